The zero-order valence-electron chi connectivity index (χ0n) is 44.7. The quantitative estimate of drug-likeness (QED) is 0.0236. The number of primary sulfonamides is 1. The highest BCUT2D eigenvalue weighted by atomic mass is 32.3. The molecule has 0 atom stereocenters. The third-order valence-corrected chi connectivity index (χ3v) is 20.8. The van der Waals surface area contributed by atoms with Crippen molar-refractivity contribution in [2.75, 3.05) is 41.4 Å². The number of nitrogens with zero attached hydrogens (tertiary/aromatic N) is 5. The van der Waals surface area contributed by atoms with E-state index in [1.165, 1.54) is 70.2 Å². The number of amides is 2. The fraction of sp³-hybridized carbons (Fsp3) is 0.250. The highest BCUT2D eigenvalue weighted by Crippen LogP contribution is 2.52. The van der Waals surface area contributed by atoms with Crippen molar-refractivity contribution in [2.24, 2.45) is 5.14 Å². The van der Waals surface area contributed by atoms with Gasteiger partial charge in [-0.2, -0.15) is 46.7 Å². The molecule has 2 aliphatic rings. The molecule has 0 saturated heterocycles. The Morgan fingerprint density at radius 3 is 1.81 bits per heavy atom. The van der Waals surface area contributed by atoms with Gasteiger partial charge in [0.25, 0.3) is 66.5 Å². The van der Waals surface area contributed by atoms with Crippen LogP contribution in [-0.4, -0.2) is 155 Å². The van der Waals surface area contributed by atoms with Crippen LogP contribution in [0.15, 0.2) is 121 Å². The summed E-state index contributed by atoms with van der Waals surface area (Å²) in [4.78, 5) is 28.2. The van der Waals surface area contributed by atoms with Gasteiger partial charge in [0.05, 0.1) is 38.0 Å². The van der Waals surface area contributed by atoms with Crippen LogP contribution < -0.4 is 20.7 Å². The molecule has 0 fully saturated rings. The molecule has 38 heteroatoms. The van der Waals surface area contributed by atoms with Gasteiger partial charge < -0.3 is 20.1 Å². The van der Waals surface area contributed by atoms with Crippen LogP contribution in [0.25, 0.3) is 27.1 Å². The van der Waals surface area contributed by atoms with E-state index >= 15 is 0 Å². The molecule has 9 N–H and O–H groups in total. The van der Waals surface area contributed by atoms with Crippen LogP contribution in [0.5, 0.6) is 0 Å². The summed E-state index contributed by atoms with van der Waals surface area (Å²) in [7, 11) is -34.7. The van der Waals surface area contributed by atoms with Crippen molar-refractivity contribution >= 4 is 143 Å². The molecule has 2 aliphatic heterocycles. The smallest absolute Gasteiger partial charge is 0.295 e. The Bertz CT molecular complexity index is 4890. The van der Waals surface area contributed by atoms with Gasteiger partial charge in [-0.25, -0.2) is 22.0 Å². The molecule has 8 rings (SSSR count). The molecule has 460 valence electrons. The minimum absolute atomic E-state index is 0.0347. The standard InChI is InChI=1S/C48H48N8O22S8/c1-47(2)39(55(17-19-80(59,60)61)35-11-8-30-32(42(35)47)21-28(83(67,68)69)23-37(30)85(73,74)75)13-6-26(34-10-5-27(25-51-34)44(58)50-16-15-41(57)52-45-53-54-46(79-45)82(49,65)66)7-14-40-48(3,4)43-33-22-29(84(70,71)72)24-38(86(76,77)78)31(33)9-12-36(43)56(40)18-20-81(62,63)64/h5-14,21-25H,15-20H2,1-4H3,(H9-,49,50,52,53,57,58,59,60,61,62,63,64,65,66,67,68,69,70,71,72,73,74,75,76,77,78). The Morgan fingerprint density at radius 1 is 0.721 bits per heavy atom. The van der Waals surface area contributed by atoms with Gasteiger partial charge in [0.15, 0.2) is 12.3 Å². The summed E-state index contributed by atoms with van der Waals surface area (Å²) >= 11 is 0.485. The average Bonchev–Trinajstić information content (AvgIpc) is 1.52. The first kappa shape index (κ1) is 65.1. The summed E-state index contributed by atoms with van der Waals surface area (Å²) in [6.45, 7) is 4.89. The second kappa shape index (κ2) is 22.7. The van der Waals surface area contributed by atoms with E-state index in [0.717, 1.165) is 18.3 Å². The molecule has 0 aliphatic carbocycles. The minimum Gasteiger partial charge on any atom is -0.748 e. The molecule has 2 amide bonds. The van der Waals surface area contributed by atoms with E-state index in [9.17, 15) is 95.8 Å². The normalized spacial score (nSPS) is 16.3. The van der Waals surface area contributed by atoms with E-state index in [0.29, 0.717) is 23.5 Å². The molecule has 6 aromatic rings. The third kappa shape index (κ3) is 13.8. The van der Waals surface area contributed by atoms with Crippen LogP contribution in [-0.2, 0) is 86.4 Å². The number of pyridine rings is 1. The van der Waals surface area contributed by atoms with Crippen LogP contribution in [0, 0.1) is 0 Å². The first-order valence-corrected chi connectivity index (χ1v) is 35.6. The predicted octanol–water partition coefficient (Wildman–Crippen LogP) is 2.76. The largest absolute Gasteiger partial charge is 0.748 e. The maximum absolute atomic E-state index is 13.4. The number of rotatable bonds is 20. The zero-order chi connectivity index (χ0) is 63.9. The number of carbonyl (C=O) groups excluding carboxylic acids is 2. The van der Waals surface area contributed by atoms with E-state index in [2.05, 4.69) is 25.8 Å². The topological polar surface area (TPSA) is 492 Å². The number of nitrogens with two attached hydrogens (primary N) is 1. The van der Waals surface area contributed by atoms with Crippen LogP contribution in [0.2, 0.25) is 0 Å². The maximum Gasteiger partial charge on any atom is 0.295 e. The number of benzene rings is 4. The molecule has 0 spiro atoms. The van der Waals surface area contributed by atoms with Gasteiger partial charge in [-0.15, -0.1) is 10.2 Å². The highest BCUT2D eigenvalue weighted by molar-refractivity contribution is 7.91. The number of nitrogens with one attached hydrogen (secondary N) is 2. The number of hydrogen-bond donors (Lipinski definition) is 8. The van der Waals surface area contributed by atoms with Gasteiger partial charge in [-0.1, -0.05) is 37.3 Å². The maximum atomic E-state index is 13.4. The first-order chi connectivity index (χ1) is 39.4. The molecule has 4 heterocycles. The lowest BCUT2D eigenvalue weighted by atomic mass is 9.79. The molecule has 2 aromatic heterocycles. The van der Waals surface area contributed by atoms with Gasteiger partial charge in [-0.05, 0) is 90.9 Å². The van der Waals surface area contributed by atoms with Crippen LogP contribution in [0.3, 0.4) is 0 Å². The van der Waals surface area contributed by atoms with Gasteiger partial charge in [-0.3, -0.25) is 37.3 Å². The van der Waals surface area contributed by atoms with Crippen LogP contribution in [0.1, 0.15) is 61.3 Å². The second-order valence-corrected chi connectivity index (χ2v) is 31.7. The summed E-state index contributed by atoms with van der Waals surface area (Å²) in [5.74, 6) is -3.41. The van der Waals surface area contributed by atoms with Gasteiger partial charge >= 0.3 is 0 Å². The zero-order valence-corrected chi connectivity index (χ0v) is 51.2. The Balaban J connectivity index is 1.29. The average molecular weight is 1350 g/mol. The second-order valence-electron chi connectivity index (χ2n) is 20.3. The van der Waals surface area contributed by atoms with Crippen molar-refractivity contribution in [3.63, 3.8) is 0 Å². The molecule has 30 nitrogen and oxygen atoms in total. The lowest BCUT2D eigenvalue weighted by Gasteiger charge is -2.27. The van der Waals surface area contributed by atoms with Crippen LogP contribution in [0.4, 0.5) is 16.5 Å². The molecule has 0 bridgehead atoms. The first-order valence-electron chi connectivity index (χ1n) is 24.3. The van der Waals surface area contributed by atoms with E-state index in [1.807, 2.05) is 0 Å². The number of carbonyl (C=O) groups is 2. The van der Waals surface area contributed by atoms with Crippen molar-refractivity contribution in [3.8, 4) is 0 Å². The predicted molar refractivity (Wildman–Crippen MR) is 308 cm³/mol. The van der Waals surface area contributed by atoms with Gasteiger partial charge in [0.1, 0.15) is 19.9 Å². The summed E-state index contributed by atoms with van der Waals surface area (Å²) in [5.41, 5.74) is -2.08. The number of fused-ring (bicyclic) bond motifs is 6. The van der Waals surface area contributed by atoms with Crippen molar-refractivity contribution in [3.05, 3.63) is 119 Å². The summed E-state index contributed by atoms with van der Waals surface area (Å²) < 4.78 is 237. The number of sulfonamides is 1. The van der Waals surface area contributed by atoms with Gasteiger partial charge in [0.2, 0.25) is 21.1 Å². The Kier molecular flexibility index (Phi) is 17.2. The van der Waals surface area contributed by atoms with Crippen molar-refractivity contribution < 1.29 is 100 Å². The van der Waals surface area contributed by atoms with E-state index in [-0.39, 0.29) is 90.4 Å². The number of allylic oxidation sites excluding steroid dienone is 6. The van der Waals surface area contributed by atoms with Crippen LogP contribution >= 0.6 is 11.3 Å². The summed E-state index contributed by atoms with van der Waals surface area (Å²) in [6, 6.07) is 10.6. The molecule has 0 radical (unpaired) electrons. The summed E-state index contributed by atoms with van der Waals surface area (Å²) in [5, 5.41) is 15.9. The molecule has 0 saturated carbocycles. The molecular weight excluding hydrogens is 1300 g/mol. The lowest BCUT2D eigenvalue weighted by molar-refractivity contribution is -0.432. The van der Waals surface area contributed by atoms with E-state index < -0.39 is 142 Å². The molecular formula is C48H48N8O22S8. The monoisotopic (exact) mass is 1340 g/mol. The number of anilines is 2. The molecule has 4 aromatic carbocycles. The fourth-order valence-electron chi connectivity index (χ4n) is 10.1. The van der Waals surface area contributed by atoms with Gasteiger partial charge in [0, 0.05) is 76.6 Å². The van der Waals surface area contributed by atoms with Crippen molar-refractivity contribution in [1.29, 1.82) is 0 Å². The highest BCUT2D eigenvalue weighted by Gasteiger charge is 2.47. The van der Waals surface area contributed by atoms with Crippen molar-refractivity contribution in [2.45, 2.75) is 68.9 Å². The summed E-state index contributed by atoms with van der Waals surface area (Å²) in [6.07, 6.45) is 6.44. The Morgan fingerprint density at radius 2 is 1.30 bits per heavy atom. The molecule has 0 unspecified atom stereocenters. The Labute approximate surface area is 495 Å². The van der Waals surface area contributed by atoms with E-state index in [4.69, 9.17) is 5.14 Å². The lowest BCUT2D eigenvalue weighted by Crippen LogP contribution is -2.30. The van der Waals surface area contributed by atoms with Crippen molar-refractivity contribution in [1.82, 2.24) is 20.5 Å². The van der Waals surface area contributed by atoms with E-state index in [1.54, 1.807) is 27.7 Å². The third-order valence-electron chi connectivity index (χ3n) is 13.8. The molecule has 86 heavy (non-hydrogen) atoms. The Hall–Kier alpha value is -6.89. The fourth-order valence-corrected chi connectivity index (χ4v) is 15.0. The SMILES string of the molecule is CC1(C)C(/C=C/C(=C/C=C2/N(CCS(=O)(=O)O)c3ccc4c(S(=O)(=O)O)cc(S(=O)(=O)O)cc4c3C2(C)C)c2ccc(C(=O)NCCC(=O)Nc3nnc(S(N)(=O)=O)s3)cn2)=[N+](CCS(=O)(=O)[O-])c2ccc3c(S(=O)(=O)O)cc(S(=O)(=O)O)cc3c21. The number of aromatic nitrogens is 3. The number of hydrogen-bond acceptors (Lipinski definition) is 22. The minimum atomic E-state index is -5.22.